The highest BCUT2D eigenvalue weighted by Crippen LogP contribution is 2.18. The van der Waals surface area contributed by atoms with Crippen molar-refractivity contribution in [3.05, 3.63) is 52.5 Å². The van der Waals surface area contributed by atoms with Gasteiger partial charge in [0.25, 0.3) is 0 Å². The van der Waals surface area contributed by atoms with E-state index in [1.807, 2.05) is 36.4 Å². The molecule has 0 unspecified atom stereocenters. The predicted octanol–water partition coefficient (Wildman–Crippen LogP) is 2.52. The second-order valence-corrected chi connectivity index (χ2v) is 5.39. The highest BCUT2D eigenvalue weighted by molar-refractivity contribution is 9.10. The average molecular weight is 322 g/mol. The van der Waals surface area contributed by atoms with Gasteiger partial charge in [0.15, 0.2) is 0 Å². The zero-order valence-corrected chi connectivity index (χ0v) is 12.0. The molecule has 1 aliphatic rings. The van der Waals surface area contributed by atoms with Gasteiger partial charge in [0.2, 0.25) is 5.91 Å². The zero-order chi connectivity index (χ0) is 13.7. The van der Waals surface area contributed by atoms with Crippen LogP contribution in [-0.4, -0.2) is 23.7 Å². The van der Waals surface area contributed by atoms with Crippen molar-refractivity contribution in [2.75, 3.05) is 6.61 Å². The molecular formula is C15H16BrNO2. The SMILES string of the molecule is O=C(/C=C/c1ccccc1Br)N[C@@H]1C=C[C@H](CO)C1. The van der Waals surface area contributed by atoms with Gasteiger partial charge < -0.3 is 10.4 Å². The highest BCUT2D eigenvalue weighted by atomic mass is 79.9. The number of carbonyl (C=O) groups is 1. The van der Waals surface area contributed by atoms with Crippen molar-refractivity contribution in [2.24, 2.45) is 5.92 Å². The highest BCUT2D eigenvalue weighted by Gasteiger charge is 2.18. The monoisotopic (exact) mass is 321 g/mol. The fourth-order valence-corrected chi connectivity index (χ4v) is 2.44. The summed E-state index contributed by atoms with van der Waals surface area (Å²) in [4.78, 5) is 11.8. The van der Waals surface area contributed by atoms with Crippen LogP contribution in [-0.2, 0) is 4.79 Å². The molecule has 0 aliphatic heterocycles. The molecule has 1 aromatic rings. The Morgan fingerprint density at radius 2 is 2.21 bits per heavy atom. The molecule has 2 N–H and O–H groups in total. The molecule has 0 saturated carbocycles. The van der Waals surface area contributed by atoms with Crippen molar-refractivity contribution in [1.29, 1.82) is 0 Å². The topological polar surface area (TPSA) is 49.3 Å². The Bertz CT molecular complexity index is 511. The predicted molar refractivity (Wildman–Crippen MR) is 79.4 cm³/mol. The molecule has 2 rings (SSSR count). The molecule has 0 aromatic heterocycles. The molecule has 0 spiro atoms. The number of nitrogens with one attached hydrogen (secondary N) is 1. The molecule has 0 heterocycles. The summed E-state index contributed by atoms with van der Waals surface area (Å²) in [5.41, 5.74) is 0.966. The maximum Gasteiger partial charge on any atom is 0.244 e. The summed E-state index contributed by atoms with van der Waals surface area (Å²) in [5, 5.41) is 11.9. The van der Waals surface area contributed by atoms with Crippen LogP contribution in [0.4, 0.5) is 0 Å². The van der Waals surface area contributed by atoms with Gasteiger partial charge in [-0.2, -0.15) is 0 Å². The lowest BCUT2D eigenvalue weighted by Crippen LogP contribution is -2.31. The van der Waals surface area contributed by atoms with Gasteiger partial charge in [-0.05, 0) is 24.1 Å². The molecule has 3 nitrogen and oxygen atoms in total. The number of halogens is 1. The Hall–Kier alpha value is -1.39. The van der Waals surface area contributed by atoms with E-state index in [0.717, 1.165) is 16.5 Å². The largest absolute Gasteiger partial charge is 0.396 e. The number of amides is 1. The van der Waals surface area contributed by atoms with Gasteiger partial charge in [-0.15, -0.1) is 0 Å². The van der Waals surface area contributed by atoms with Crippen LogP contribution in [0.5, 0.6) is 0 Å². The molecular weight excluding hydrogens is 306 g/mol. The van der Waals surface area contributed by atoms with Gasteiger partial charge in [0, 0.05) is 29.1 Å². The van der Waals surface area contributed by atoms with E-state index in [0.29, 0.717) is 0 Å². The first kappa shape index (κ1) is 14.0. The quantitative estimate of drug-likeness (QED) is 0.661. The minimum absolute atomic E-state index is 0.0218. The molecule has 19 heavy (non-hydrogen) atoms. The molecule has 0 bridgehead atoms. The summed E-state index contributed by atoms with van der Waals surface area (Å²) in [5.74, 6) is 0.0431. The van der Waals surface area contributed by atoms with Crippen molar-refractivity contribution < 1.29 is 9.90 Å². The summed E-state index contributed by atoms with van der Waals surface area (Å²) >= 11 is 3.43. The maximum atomic E-state index is 11.8. The Balaban J connectivity index is 1.89. The third-order valence-corrected chi connectivity index (χ3v) is 3.78. The molecule has 1 amide bonds. The Labute approximate surface area is 121 Å². The lowest BCUT2D eigenvalue weighted by molar-refractivity contribution is -0.116. The van der Waals surface area contributed by atoms with E-state index < -0.39 is 0 Å². The summed E-state index contributed by atoms with van der Waals surface area (Å²) in [7, 11) is 0. The Kier molecular flexibility index (Phi) is 4.93. The summed E-state index contributed by atoms with van der Waals surface area (Å²) in [6.45, 7) is 0.135. The standard InChI is InChI=1S/C15H16BrNO2/c16-14-4-2-1-3-12(14)6-8-15(19)17-13-7-5-11(9-13)10-18/h1-8,11,13,18H,9-10H2,(H,17,19)/b8-6+/t11-,13+/m0/s1. The van der Waals surface area contributed by atoms with Crippen LogP contribution in [0, 0.1) is 5.92 Å². The third kappa shape index (κ3) is 4.04. The first-order valence-corrected chi connectivity index (χ1v) is 7.00. The minimum atomic E-state index is -0.121. The van der Waals surface area contributed by atoms with E-state index in [1.54, 1.807) is 6.08 Å². The van der Waals surface area contributed by atoms with Gasteiger partial charge in [-0.3, -0.25) is 4.79 Å². The fraction of sp³-hybridized carbons (Fsp3) is 0.267. The first-order valence-electron chi connectivity index (χ1n) is 6.21. The van der Waals surface area contributed by atoms with Crippen LogP contribution in [0.2, 0.25) is 0 Å². The normalized spacial score (nSPS) is 22.0. The molecule has 4 heteroatoms. The maximum absolute atomic E-state index is 11.8. The van der Waals surface area contributed by atoms with Gasteiger partial charge in [-0.1, -0.05) is 46.3 Å². The number of aliphatic hydroxyl groups excluding tert-OH is 1. The summed E-state index contributed by atoms with van der Waals surface area (Å²) < 4.78 is 0.958. The summed E-state index contributed by atoms with van der Waals surface area (Å²) in [6.07, 6.45) is 7.96. The molecule has 1 aromatic carbocycles. The summed E-state index contributed by atoms with van der Waals surface area (Å²) in [6, 6.07) is 7.75. The van der Waals surface area contributed by atoms with E-state index >= 15 is 0 Å². The lowest BCUT2D eigenvalue weighted by atomic mass is 10.1. The smallest absolute Gasteiger partial charge is 0.244 e. The Morgan fingerprint density at radius 3 is 2.89 bits per heavy atom. The van der Waals surface area contributed by atoms with Crippen LogP contribution in [0.3, 0.4) is 0 Å². The molecule has 2 atom stereocenters. The van der Waals surface area contributed by atoms with E-state index in [1.165, 1.54) is 6.08 Å². The average Bonchev–Trinajstić information content (AvgIpc) is 2.85. The first-order chi connectivity index (χ1) is 9.19. The fourth-order valence-electron chi connectivity index (χ4n) is 2.02. The van der Waals surface area contributed by atoms with Crippen LogP contribution in [0.15, 0.2) is 47.0 Å². The van der Waals surface area contributed by atoms with Crippen molar-refractivity contribution >= 4 is 27.9 Å². The number of rotatable bonds is 4. The number of benzene rings is 1. The van der Waals surface area contributed by atoms with Crippen molar-refractivity contribution in [3.63, 3.8) is 0 Å². The number of hydrogen-bond acceptors (Lipinski definition) is 2. The van der Waals surface area contributed by atoms with E-state index in [-0.39, 0.29) is 24.5 Å². The second-order valence-electron chi connectivity index (χ2n) is 4.53. The molecule has 0 saturated heterocycles. The number of hydrogen-bond donors (Lipinski definition) is 2. The zero-order valence-electron chi connectivity index (χ0n) is 10.4. The Morgan fingerprint density at radius 1 is 1.42 bits per heavy atom. The molecule has 100 valence electrons. The van der Waals surface area contributed by atoms with E-state index in [9.17, 15) is 4.79 Å². The van der Waals surface area contributed by atoms with Gasteiger partial charge in [-0.25, -0.2) is 0 Å². The van der Waals surface area contributed by atoms with Gasteiger partial charge >= 0.3 is 0 Å². The number of carbonyl (C=O) groups excluding carboxylic acids is 1. The van der Waals surface area contributed by atoms with Crippen molar-refractivity contribution in [3.8, 4) is 0 Å². The van der Waals surface area contributed by atoms with Crippen LogP contribution in [0.1, 0.15) is 12.0 Å². The minimum Gasteiger partial charge on any atom is -0.396 e. The number of aliphatic hydroxyl groups is 1. The van der Waals surface area contributed by atoms with Crippen molar-refractivity contribution in [2.45, 2.75) is 12.5 Å². The molecule has 0 fully saturated rings. The lowest BCUT2D eigenvalue weighted by Gasteiger charge is -2.10. The van der Waals surface area contributed by atoms with E-state index in [4.69, 9.17) is 5.11 Å². The molecule has 1 aliphatic carbocycles. The molecule has 0 radical (unpaired) electrons. The van der Waals surface area contributed by atoms with Gasteiger partial charge in [0.1, 0.15) is 0 Å². The van der Waals surface area contributed by atoms with Gasteiger partial charge in [0.05, 0.1) is 0 Å². The van der Waals surface area contributed by atoms with Crippen molar-refractivity contribution in [1.82, 2.24) is 5.32 Å². The third-order valence-electron chi connectivity index (χ3n) is 3.05. The second kappa shape index (κ2) is 6.68. The van der Waals surface area contributed by atoms with Crippen LogP contribution < -0.4 is 5.32 Å². The van der Waals surface area contributed by atoms with Crippen LogP contribution >= 0.6 is 15.9 Å². The van der Waals surface area contributed by atoms with Crippen LogP contribution in [0.25, 0.3) is 6.08 Å². The van der Waals surface area contributed by atoms with E-state index in [2.05, 4.69) is 21.2 Å².